The van der Waals surface area contributed by atoms with Gasteiger partial charge in [-0.1, -0.05) is 6.07 Å². The second kappa shape index (κ2) is 11.7. The minimum atomic E-state index is -0.520. The predicted octanol–water partition coefficient (Wildman–Crippen LogP) is -0.258. The molecule has 0 spiro atoms. The Bertz CT molecular complexity index is 802. The maximum Gasteiger partial charge on any atom is 0.290 e. The van der Waals surface area contributed by atoms with E-state index in [0.29, 0.717) is 31.2 Å². The fourth-order valence-electron chi connectivity index (χ4n) is 3.23. The fourth-order valence-corrected chi connectivity index (χ4v) is 3.23. The Hall–Kier alpha value is -3.25. The zero-order valence-corrected chi connectivity index (χ0v) is 16.7. The van der Waals surface area contributed by atoms with Crippen LogP contribution in [0.1, 0.15) is 18.0 Å². The van der Waals surface area contributed by atoms with Crippen LogP contribution in [0.2, 0.25) is 0 Å². The SMILES string of the molecule is COc1ccc([C@H]2[C@H](CO)OCCN2C(=O)CCn2cnnn2)cc1OC.O=CO. The molecular formula is C18H25N5O7. The average molecular weight is 423 g/mol. The molecule has 3 rings (SSSR count). The van der Waals surface area contributed by atoms with Gasteiger partial charge < -0.3 is 29.3 Å². The lowest BCUT2D eigenvalue weighted by Crippen LogP contribution is -2.49. The molecule has 1 fully saturated rings. The maximum atomic E-state index is 12.9. The molecule has 1 saturated heterocycles. The van der Waals surface area contributed by atoms with E-state index in [1.54, 1.807) is 25.2 Å². The van der Waals surface area contributed by atoms with E-state index in [4.69, 9.17) is 24.1 Å². The van der Waals surface area contributed by atoms with Crippen LogP contribution in [0.3, 0.4) is 0 Å². The number of carbonyl (C=O) groups is 2. The number of carboxylic acid groups (broad SMARTS) is 1. The van der Waals surface area contributed by atoms with Gasteiger partial charge in [-0.2, -0.15) is 0 Å². The highest BCUT2D eigenvalue weighted by Crippen LogP contribution is 2.35. The number of ether oxygens (including phenoxy) is 3. The minimum Gasteiger partial charge on any atom is -0.493 e. The number of amides is 1. The maximum absolute atomic E-state index is 12.9. The summed E-state index contributed by atoms with van der Waals surface area (Å²) in [5, 5.41) is 27.6. The van der Waals surface area contributed by atoms with E-state index in [2.05, 4.69) is 15.5 Å². The number of carbonyl (C=O) groups excluding carboxylic acids is 1. The summed E-state index contributed by atoms with van der Waals surface area (Å²) in [6.45, 7) is 0.733. The molecule has 0 saturated carbocycles. The van der Waals surface area contributed by atoms with E-state index in [-0.39, 0.29) is 25.4 Å². The van der Waals surface area contributed by atoms with Crippen molar-refractivity contribution in [3.63, 3.8) is 0 Å². The number of hydrogen-bond acceptors (Lipinski definition) is 9. The number of benzene rings is 1. The van der Waals surface area contributed by atoms with Gasteiger partial charge in [-0.25, -0.2) is 4.68 Å². The molecule has 12 nitrogen and oxygen atoms in total. The first-order valence-electron chi connectivity index (χ1n) is 9.12. The highest BCUT2D eigenvalue weighted by Gasteiger charge is 2.36. The molecule has 0 bridgehead atoms. The molecule has 2 N–H and O–H groups in total. The first-order chi connectivity index (χ1) is 14.6. The fraction of sp³-hybridized carbons (Fsp3) is 0.500. The van der Waals surface area contributed by atoms with Crippen LogP contribution < -0.4 is 9.47 Å². The topological polar surface area (TPSA) is 149 Å². The van der Waals surface area contributed by atoms with Crippen LogP contribution >= 0.6 is 0 Å². The van der Waals surface area contributed by atoms with Crippen molar-refractivity contribution in [1.29, 1.82) is 0 Å². The lowest BCUT2D eigenvalue weighted by molar-refractivity contribution is -0.150. The summed E-state index contributed by atoms with van der Waals surface area (Å²) in [5.74, 6) is 1.08. The van der Waals surface area contributed by atoms with E-state index in [9.17, 15) is 9.90 Å². The smallest absolute Gasteiger partial charge is 0.290 e. The Morgan fingerprint density at radius 1 is 1.33 bits per heavy atom. The van der Waals surface area contributed by atoms with Crippen LogP contribution in [-0.2, 0) is 20.9 Å². The molecule has 1 aliphatic rings. The summed E-state index contributed by atoms with van der Waals surface area (Å²) in [7, 11) is 3.12. The van der Waals surface area contributed by atoms with Crippen molar-refractivity contribution in [1.82, 2.24) is 25.1 Å². The Morgan fingerprint density at radius 3 is 2.67 bits per heavy atom. The van der Waals surface area contributed by atoms with Crippen molar-refractivity contribution >= 4 is 12.4 Å². The molecule has 164 valence electrons. The molecule has 30 heavy (non-hydrogen) atoms. The second-order valence-corrected chi connectivity index (χ2v) is 6.17. The summed E-state index contributed by atoms with van der Waals surface area (Å²) < 4.78 is 17.9. The second-order valence-electron chi connectivity index (χ2n) is 6.17. The van der Waals surface area contributed by atoms with Crippen molar-refractivity contribution in [2.45, 2.75) is 25.1 Å². The molecule has 2 heterocycles. The quantitative estimate of drug-likeness (QED) is 0.570. The molecule has 1 amide bonds. The number of aliphatic hydroxyl groups is 1. The van der Waals surface area contributed by atoms with Crippen LogP contribution in [0.15, 0.2) is 24.5 Å². The number of tetrazole rings is 1. The molecule has 2 aromatic rings. The van der Waals surface area contributed by atoms with E-state index in [1.807, 2.05) is 12.1 Å². The third kappa shape index (κ3) is 5.64. The van der Waals surface area contributed by atoms with Gasteiger partial charge in [-0.3, -0.25) is 9.59 Å². The first kappa shape index (κ1) is 23.0. The summed E-state index contributed by atoms with van der Waals surface area (Å²) >= 11 is 0. The van der Waals surface area contributed by atoms with Crippen LogP contribution in [0.25, 0.3) is 0 Å². The normalized spacial score (nSPS) is 18.2. The van der Waals surface area contributed by atoms with Gasteiger partial charge in [0.15, 0.2) is 11.5 Å². The lowest BCUT2D eigenvalue weighted by Gasteiger charge is -2.41. The van der Waals surface area contributed by atoms with E-state index < -0.39 is 12.1 Å². The number of morpholine rings is 1. The number of aliphatic hydroxyl groups excluding tert-OH is 1. The van der Waals surface area contributed by atoms with E-state index in [0.717, 1.165) is 5.56 Å². The highest BCUT2D eigenvalue weighted by atomic mass is 16.5. The number of nitrogens with zero attached hydrogens (tertiary/aromatic N) is 5. The highest BCUT2D eigenvalue weighted by molar-refractivity contribution is 5.77. The molecule has 12 heteroatoms. The van der Waals surface area contributed by atoms with Crippen molar-refractivity contribution in [3.8, 4) is 11.5 Å². The van der Waals surface area contributed by atoms with Gasteiger partial charge in [0.1, 0.15) is 12.4 Å². The Balaban J connectivity index is 0.00000101. The number of aryl methyl sites for hydroxylation is 1. The van der Waals surface area contributed by atoms with Crippen LogP contribution in [0.5, 0.6) is 11.5 Å². The standard InChI is InChI=1S/C17H23N5O5.CH2O2/c1-25-13-4-3-12(9-14(13)26-2)17-15(10-23)27-8-7-22(17)16(24)5-6-21-11-18-19-20-21;2-1-3/h3-4,9,11,15,17,23H,5-8,10H2,1-2H3;1H,(H,2,3)/t15-,17-;/m0./s1. The number of rotatable bonds is 7. The monoisotopic (exact) mass is 423 g/mol. The molecule has 1 aliphatic heterocycles. The zero-order chi connectivity index (χ0) is 21.9. The van der Waals surface area contributed by atoms with Crippen molar-refractivity contribution in [2.24, 2.45) is 0 Å². The Kier molecular flexibility index (Phi) is 8.97. The molecule has 1 aromatic carbocycles. The van der Waals surface area contributed by atoms with Crippen molar-refractivity contribution < 1.29 is 34.0 Å². The predicted molar refractivity (Wildman–Crippen MR) is 102 cm³/mol. The zero-order valence-electron chi connectivity index (χ0n) is 16.7. The van der Waals surface area contributed by atoms with Crippen LogP contribution in [-0.4, -0.2) is 87.8 Å². The van der Waals surface area contributed by atoms with Gasteiger partial charge in [0.05, 0.1) is 40.0 Å². The van der Waals surface area contributed by atoms with Crippen molar-refractivity contribution in [3.05, 3.63) is 30.1 Å². The van der Waals surface area contributed by atoms with Crippen LogP contribution in [0.4, 0.5) is 0 Å². The van der Waals surface area contributed by atoms with Gasteiger partial charge in [0.2, 0.25) is 5.91 Å². The molecule has 0 radical (unpaired) electrons. The van der Waals surface area contributed by atoms with Crippen molar-refractivity contribution in [2.75, 3.05) is 34.0 Å². The molecule has 2 atom stereocenters. The Morgan fingerprint density at radius 2 is 2.07 bits per heavy atom. The van der Waals surface area contributed by atoms with Gasteiger partial charge in [-0.05, 0) is 28.1 Å². The number of methoxy groups -OCH3 is 2. The summed E-state index contributed by atoms with van der Waals surface area (Å²) in [4.78, 5) is 23.0. The largest absolute Gasteiger partial charge is 0.493 e. The third-order valence-corrected chi connectivity index (χ3v) is 4.55. The van der Waals surface area contributed by atoms with E-state index in [1.165, 1.54) is 11.0 Å². The van der Waals surface area contributed by atoms with Gasteiger partial charge in [-0.15, -0.1) is 5.10 Å². The average Bonchev–Trinajstić information content (AvgIpc) is 3.30. The molecular weight excluding hydrogens is 398 g/mol. The summed E-state index contributed by atoms with van der Waals surface area (Å²) in [6.07, 6.45) is 1.19. The van der Waals surface area contributed by atoms with Gasteiger partial charge in [0, 0.05) is 13.0 Å². The molecule has 0 aliphatic carbocycles. The van der Waals surface area contributed by atoms with Crippen LogP contribution in [0, 0.1) is 0 Å². The third-order valence-electron chi connectivity index (χ3n) is 4.55. The van der Waals surface area contributed by atoms with Gasteiger partial charge in [0.25, 0.3) is 6.47 Å². The lowest BCUT2D eigenvalue weighted by atomic mass is 9.97. The number of aromatic nitrogens is 4. The van der Waals surface area contributed by atoms with E-state index >= 15 is 0 Å². The summed E-state index contributed by atoms with van der Waals surface area (Å²) in [5.41, 5.74) is 0.808. The number of hydrogen-bond donors (Lipinski definition) is 2. The molecule has 1 aromatic heterocycles. The molecule has 0 unspecified atom stereocenters. The minimum absolute atomic E-state index is 0.0629. The first-order valence-corrected chi connectivity index (χ1v) is 9.12. The Labute approximate surface area is 172 Å². The van der Waals surface area contributed by atoms with Gasteiger partial charge >= 0.3 is 0 Å². The summed E-state index contributed by atoms with van der Waals surface area (Å²) in [6, 6.07) is 5.01.